The van der Waals surface area contributed by atoms with Crippen molar-refractivity contribution in [1.29, 1.82) is 0 Å². The minimum atomic E-state index is -3.78. The van der Waals surface area contributed by atoms with Crippen molar-refractivity contribution in [1.82, 2.24) is 4.40 Å². The normalized spacial score (nSPS) is 11.8. The van der Waals surface area contributed by atoms with E-state index in [2.05, 4.69) is 0 Å². The Balaban J connectivity index is 2.17. The highest BCUT2D eigenvalue weighted by molar-refractivity contribution is 7.91. The van der Waals surface area contributed by atoms with Crippen molar-refractivity contribution in [2.75, 3.05) is 0 Å². The zero-order valence-electron chi connectivity index (χ0n) is 13.4. The van der Waals surface area contributed by atoms with Gasteiger partial charge in [-0.05, 0) is 42.3 Å². The number of aliphatic carboxylic acids is 1. The Labute approximate surface area is 144 Å². The number of carboxylic acids is 1. The van der Waals surface area contributed by atoms with E-state index in [0.717, 1.165) is 0 Å². The highest BCUT2D eigenvalue weighted by Gasteiger charge is 2.26. The summed E-state index contributed by atoms with van der Waals surface area (Å²) in [4.78, 5) is 11.2. The number of aromatic nitrogens is 1. The van der Waals surface area contributed by atoms with Crippen LogP contribution in [0.2, 0.25) is 0 Å². The summed E-state index contributed by atoms with van der Waals surface area (Å²) in [6, 6.07) is 10.5. The van der Waals surface area contributed by atoms with Gasteiger partial charge in [-0.25, -0.2) is 12.8 Å². The Morgan fingerprint density at radius 3 is 2.64 bits per heavy atom. The van der Waals surface area contributed by atoms with E-state index in [4.69, 9.17) is 5.11 Å². The van der Waals surface area contributed by atoms with Crippen LogP contribution in [-0.2, 0) is 26.8 Å². The van der Waals surface area contributed by atoms with Gasteiger partial charge in [0.25, 0.3) is 0 Å². The van der Waals surface area contributed by atoms with Gasteiger partial charge in [0.2, 0.25) is 0 Å². The molecule has 1 aromatic carbocycles. The van der Waals surface area contributed by atoms with Crippen molar-refractivity contribution in [3.63, 3.8) is 0 Å². The molecule has 130 valence electrons. The molecule has 3 aromatic rings. The van der Waals surface area contributed by atoms with Crippen LogP contribution >= 0.6 is 0 Å². The van der Waals surface area contributed by atoms with Gasteiger partial charge in [0.1, 0.15) is 5.82 Å². The lowest BCUT2D eigenvalue weighted by atomic mass is 10.2. The summed E-state index contributed by atoms with van der Waals surface area (Å²) < 4.78 is 40.9. The summed E-state index contributed by atoms with van der Waals surface area (Å²) in [5.74, 6) is -1.90. The number of carboxylic acid groups (broad SMARTS) is 1. The van der Waals surface area contributed by atoms with Gasteiger partial charge in [0.05, 0.1) is 22.6 Å². The number of sulfone groups is 1. The van der Waals surface area contributed by atoms with Crippen LogP contribution in [0.25, 0.3) is 5.52 Å². The molecule has 7 heteroatoms. The van der Waals surface area contributed by atoms with Gasteiger partial charge in [-0.15, -0.1) is 0 Å². The van der Waals surface area contributed by atoms with E-state index >= 15 is 0 Å². The molecule has 0 saturated carbocycles. The van der Waals surface area contributed by atoms with E-state index in [0.29, 0.717) is 22.3 Å². The summed E-state index contributed by atoms with van der Waals surface area (Å²) in [7, 11) is -3.78. The second-order valence-corrected chi connectivity index (χ2v) is 7.74. The minimum Gasteiger partial charge on any atom is -0.481 e. The van der Waals surface area contributed by atoms with Gasteiger partial charge >= 0.3 is 5.97 Å². The van der Waals surface area contributed by atoms with Gasteiger partial charge in [-0.2, -0.15) is 0 Å². The van der Waals surface area contributed by atoms with E-state index in [1.54, 1.807) is 41.8 Å². The summed E-state index contributed by atoms with van der Waals surface area (Å²) in [5.41, 5.74) is 1.59. The summed E-state index contributed by atoms with van der Waals surface area (Å²) in [6.07, 6.45) is 1.36. The number of benzene rings is 1. The molecular weight excluding hydrogens is 345 g/mol. The van der Waals surface area contributed by atoms with Crippen molar-refractivity contribution in [2.24, 2.45) is 0 Å². The molecule has 0 atom stereocenters. The fourth-order valence-corrected chi connectivity index (χ4v) is 4.87. The molecule has 5 nitrogen and oxygen atoms in total. The third-order valence-electron chi connectivity index (χ3n) is 4.03. The Morgan fingerprint density at radius 1 is 1.20 bits per heavy atom. The van der Waals surface area contributed by atoms with E-state index < -0.39 is 21.6 Å². The highest BCUT2D eigenvalue weighted by atomic mass is 32.2. The van der Waals surface area contributed by atoms with Crippen LogP contribution in [0.3, 0.4) is 0 Å². The third-order valence-corrected chi connectivity index (χ3v) is 5.88. The van der Waals surface area contributed by atoms with Gasteiger partial charge in [-0.1, -0.05) is 18.2 Å². The SMILES string of the molecule is Cc1c(S(=O)(=O)Cc2cccc(F)c2)c2ccccn2c1CC(=O)O. The number of hydrogen-bond acceptors (Lipinski definition) is 3. The molecule has 0 spiro atoms. The van der Waals surface area contributed by atoms with Crippen molar-refractivity contribution < 1.29 is 22.7 Å². The van der Waals surface area contributed by atoms with Crippen LogP contribution in [0.5, 0.6) is 0 Å². The molecule has 0 saturated heterocycles. The molecule has 2 aromatic heterocycles. The Hall–Kier alpha value is -2.67. The van der Waals surface area contributed by atoms with Crippen molar-refractivity contribution in [3.8, 4) is 0 Å². The molecule has 25 heavy (non-hydrogen) atoms. The first kappa shape index (κ1) is 17.2. The quantitative estimate of drug-likeness (QED) is 0.758. The van der Waals surface area contributed by atoms with Crippen LogP contribution in [0.15, 0.2) is 53.6 Å². The maximum absolute atomic E-state index is 13.4. The van der Waals surface area contributed by atoms with Crippen LogP contribution in [0, 0.1) is 12.7 Å². The van der Waals surface area contributed by atoms with E-state index in [-0.39, 0.29) is 17.1 Å². The number of fused-ring (bicyclic) bond motifs is 1. The maximum Gasteiger partial charge on any atom is 0.309 e. The first-order valence-corrected chi connectivity index (χ1v) is 9.22. The lowest BCUT2D eigenvalue weighted by Crippen LogP contribution is -2.07. The fraction of sp³-hybridized carbons (Fsp3) is 0.167. The molecular formula is C18H16FNO4S. The van der Waals surface area contributed by atoms with Gasteiger partial charge < -0.3 is 9.51 Å². The maximum atomic E-state index is 13.4. The first-order chi connectivity index (χ1) is 11.8. The zero-order chi connectivity index (χ0) is 18.2. The second kappa shape index (κ2) is 6.33. The fourth-order valence-electron chi connectivity index (χ4n) is 3.04. The highest BCUT2D eigenvalue weighted by Crippen LogP contribution is 2.30. The number of hydrogen-bond donors (Lipinski definition) is 1. The smallest absolute Gasteiger partial charge is 0.309 e. The molecule has 0 unspecified atom stereocenters. The molecule has 0 aliphatic rings. The van der Waals surface area contributed by atoms with Gasteiger partial charge in [0.15, 0.2) is 9.84 Å². The topological polar surface area (TPSA) is 75.8 Å². The van der Waals surface area contributed by atoms with Crippen molar-refractivity contribution >= 4 is 21.3 Å². The predicted octanol–water partition coefficient (Wildman–Crippen LogP) is 2.99. The molecule has 3 rings (SSSR count). The summed E-state index contributed by atoms with van der Waals surface area (Å²) in [5, 5.41) is 9.12. The number of carbonyl (C=O) groups is 1. The molecule has 2 heterocycles. The minimum absolute atomic E-state index is 0.0913. The van der Waals surface area contributed by atoms with Gasteiger partial charge in [0, 0.05) is 11.9 Å². The van der Waals surface area contributed by atoms with E-state index in [1.807, 2.05) is 0 Å². The Kier molecular flexibility index (Phi) is 4.34. The summed E-state index contributed by atoms with van der Waals surface area (Å²) >= 11 is 0. The molecule has 0 bridgehead atoms. The van der Waals surface area contributed by atoms with Gasteiger partial charge in [-0.3, -0.25) is 4.79 Å². The van der Waals surface area contributed by atoms with E-state index in [1.165, 1.54) is 18.2 Å². The average Bonchev–Trinajstić information content (AvgIpc) is 2.79. The number of pyridine rings is 1. The number of nitrogens with zero attached hydrogens (tertiary/aromatic N) is 1. The molecule has 0 aliphatic carbocycles. The zero-order valence-corrected chi connectivity index (χ0v) is 14.3. The predicted molar refractivity (Wildman–Crippen MR) is 90.8 cm³/mol. The van der Waals surface area contributed by atoms with Crippen LogP contribution in [0.4, 0.5) is 4.39 Å². The molecule has 0 fully saturated rings. The first-order valence-electron chi connectivity index (χ1n) is 7.57. The largest absolute Gasteiger partial charge is 0.481 e. The molecule has 0 amide bonds. The number of halogens is 1. The van der Waals surface area contributed by atoms with Crippen molar-refractivity contribution in [2.45, 2.75) is 24.0 Å². The van der Waals surface area contributed by atoms with E-state index in [9.17, 15) is 17.6 Å². The molecule has 0 radical (unpaired) electrons. The third kappa shape index (κ3) is 3.28. The van der Waals surface area contributed by atoms with Crippen molar-refractivity contribution in [3.05, 3.63) is 71.3 Å². The summed E-state index contributed by atoms with van der Waals surface area (Å²) in [6.45, 7) is 1.60. The lowest BCUT2D eigenvalue weighted by Gasteiger charge is -2.06. The van der Waals surface area contributed by atoms with Crippen LogP contribution < -0.4 is 0 Å². The van der Waals surface area contributed by atoms with Crippen LogP contribution in [-0.4, -0.2) is 23.9 Å². The Bertz CT molecular complexity index is 1070. The second-order valence-electron chi connectivity index (χ2n) is 5.82. The molecule has 0 aliphatic heterocycles. The molecule has 1 N–H and O–H groups in total. The standard InChI is InChI=1S/C18H16FNO4S/c1-12-16(10-17(21)22)20-8-3-2-7-15(20)18(12)25(23,24)11-13-5-4-6-14(19)9-13/h2-9H,10-11H2,1H3,(H,21,22). The monoisotopic (exact) mass is 361 g/mol. The average molecular weight is 361 g/mol. The van der Waals surface area contributed by atoms with Crippen LogP contribution in [0.1, 0.15) is 16.8 Å². The lowest BCUT2D eigenvalue weighted by molar-refractivity contribution is -0.136. The Morgan fingerprint density at radius 2 is 1.96 bits per heavy atom. The number of rotatable bonds is 5.